The molecule has 0 N–H and O–H groups in total. The second-order valence-electron chi connectivity index (χ2n) is 7.99. The van der Waals surface area contributed by atoms with E-state index in [1.54, 1.807) is 30.3 Å². The minimum absolute atomic E-state index is 0.0389. The average molecular weight is 460 g/mol. The van der Waals surface area contributed by atoms with Crippen molar-refractivity contribution in [1.29, 1.82) is 0 Å². The van der Waals surface area contributed by atoms with Gasteiger partial charge in [-0.1, -0.05) is 62.1 Å². The molecule has 8 heteroatoms. The molecule has 2 aromatic carbocycles. The molecule has 7 nitrogen and oxygen atoms in total. The normalized spacial score (nSPS) is 15.3. The van der Waals surface area contributed by atoms with Crippen LogP contribution in [0.5, 0.6) is 5.75 Å². The Bertz CT molecular complexity index is 1420. The predicted octanol–water partition coefficient (Wildman–Crippen LogP) is 5.08. The zero-order valence-corrected chi connectivity index (χ0v) is 19.0. The molecule has 0 spiro atoms. The van der Waals surface area contributed by atoms with Gasteiger partial charge in [0.15, 0.2) is 5.43 Å². The number of anilines is 1. The molecule has 0 radical (unpaired) electrons. The van der Waals surface area contributed by atoms with Crippen LogP contribution in [0.15, 0.2) is 70.4 Å². The van der Waals surface area contributed by atoms with Crippen LogP contribution in [0.1, 0.15) is 52.5 Å². The molecule has 2 aromatic heterocycles. The standard InChI is InChI=1S/C25H21N3O4S/c1-4-13-31-16-11-9-15(10-12-16)20-19-21(29)17-7-5-6-8-18(17)32-22(19)24(30)28(20)25-27-26-23(33-25)14(2)3/h4-12,14,20H,1,13H2,2-3H3/t20-/m1/s1. The average Bonchev–Trinajstić information content (AvgIpc) is 3.42. The van der Waals surface area contributed by atoms with Gasteiger partial charge in [-0.15, -0.1) is 10.2 Å². The summed E-state index contributed by atoms with van der Waals surface area (Å²) in [6.07, 6.45) is 1.67. The SMILES string of the molecule is C=CCOc1ccc([C@@H]2c3c(oc4ccccc4c3=O)C(=O)N2c2nnc(C(C)C)s2)cc1. The van der Waals surface area contributed by atoms with Gasteiger partial charge in [0.25, 0.3) is 5.91 Å². The molecule has 5 rings (SSSR count). The molecule has 1 aliphatic heterocycles. The first-order valence-corrected chi connectivity index (χ1v) is 11.4. The summed E-state index contributed by atoms with van der Waals surface area (Å²) in [6.45, 7) is 8.07. The number of hydrogen-bond donors (Lipinski definition) is 0. The minimum Gasteiger partial charge on any atom is -0.490 e. The highest BCUT2D eigenvalue weighted by Gasteiger charge is 2.45. The molecule has 166 valence electrons. The number of fused-ring (bicyclic) bond motifs is 2. The minimum atomic E-state index is -0.685. The zero-order chi connectivity index (χ0) is 23.1. The fourth-order valence-corrected chi connectivity index (χ4v) is 4.76. The molecular formula is C25H21N3O4S. The number of ether oxygens (including phenoxy) is 1. The van der Waals surface area contributed by atoms with E-state index in [4.69, 9.17) is 9.15 Å². The van der Waals surface area contributed by atoms with Crippen molar-refractivity contribution in [2.45, 2.75) is 25.8 Å². The van der Waals surface area contributed by atoms with Crippen molar-refractivity contribution in [1.82, 2.24) is 10.2 Å². The van der Waals surface area contributed by atoms with Gasteiger partial charge in [0.2, 0.25) is 10.9 Å². The Labute approximate surface area is 194 Å². The molecule has 1 amide bonds. The van der Waals surface area contributed by atoms with Gasteiger partial charge in [-0.2, -0.15) is 0 Å². The van der Waals surface area contributed by atoms with E-state index in [0.29, 0.717) is 34.0 Å². The van der Waals surface area contributed by atoms with Crippen LogP contribution in [0.25, 0.3) is 11.0 Å². The van der Waals surface area contributed by atoms with E-state index in [2.05, 4.69) is 16.8 Å². The fourth-order valence-electron chi connectivity index (χ4n) is 3.89. The summed E-state index contributed by atoms with van der Waals surface area (Å²) in [4.78, 5) is 28.6. The topological polar surface area (TPSA) is 85.5 Å². The van der Waals surface area contributed by atoms with Crippen LogP contribution in [0.2, 0.25) is 0 Å². The lowest BCUT2D eigenvalue weighted by Gasteiger charge is -2.22. The van der Waals surface area contributed by atoms with Crippen molar-refractivity contribution in [3.8, 4) is 5.75 Å². The molecular weight excluding hydrogens is 438 g/mol. The summed E-state index contributed by atoms with van der Waals surface area (Å²) in [6, 6.07) is 13.6. The van der Waals surface area contributed by atoms with Crippen molar-refractivity contribution in [3.63, 3.8) is 0 Å². The monoisotopic (exact) mass is 459 g/mol. The summed E-state index contributed by atoms with van der Waals surface area (Å²) in [5.74, 6) is 0.463. The van der Waals surface area contributed by atoms with E-state index >= 15 is 0 Å². The van der Waals surface area contributed by atoms with E-state index in [1.807, 2.05) is 38.1 Å². The second-order valence-corrected chi connectivity index (χ2v) is 8.98. The Hall–Kier alpha value is -3.78. The summed E-state index contributed by atoms with van der Waals surface area (Å²) in [5.41, 5.74) is 1.20. The predicted molar refractivity (Wildman–Crippen MR) is 127 cm³/mol. The Balaban J connectivity index is 1.70. The summed E-state index contributed by atoms with van der Waals surface area (Å²) < 4.78 is 11.5. The van der Waals surface area contributed by atoms with Gasteiger partial charge in [0.1, 0.15) is 22.9 Å². The van der Waals surface area contributed by atoms with Crippen molar-refractivity contribution in [3.05, 3.63) is 93.3 Å². The third-order valence-electron chi connectivity index (χ3n) is 5.47. The number of carbonyl (C=O) groups excluding carboxylic acids is 1. The van der Waals surface area contributed by atoms with Crippen molar-refractivity contribution < 1.29 is 13.9 Å². The van der Waals surface area contributed by atoms with Gasteiger partial charge in [-0.3, -0.25) is 14.5 Å². The number of benzene rings is 2. The summed E-state index contributed by atoms with van der Waals surface area (Å²) in [5, 5.41) is 10.2. The molecule has 0 fully saturated rings. The number of hydrogen-bond acceptors (Lipinski definition) is 7. The van der Waals surface area contributed by atoms with Crippen LogP contribution in [0.4, 0.5) is 5.13 Å². The summed E-state index contributed by atoms with van der Waals surface area (Å²) >= 11 is 1.34. The molecule has 0 bridgehead atoms. The van der Waals surface area contributed by atoms with Crippen LogP contribution in [0.3, 0.4) is 0 Å². The van der Waals surface area contributed by atoms with E-state index in [-0.39, 0.29) is 17.1 Å². The number of carbonyl (C=O) groups is 1. The van der Waals surface area contributed by atoms with Crippen LogP contribution < -0.4 is 15.1 Å². The highest BCUT2D eigenvalue weighted by molar-refractivity contribution is 7.15. The molecule has 0 saturated carbocycles. The molecule has 0 aliphatic carbocycles. The Morgan fingerprint density at radius 2 is 1.91 bits per heavy atom. The number of nitrogens with zero attached hydrogens (tertiary/aromatic N) is 3. The van der Waals surface area contributed by atoms with Gasteiger partial charge < -0.3 is 9.15 Å². The van der Waals surface area contributed by atoms with Gasteiger partial charge >= 0.3 is 0 Å². The molecule has 1 atom stereocenters. The molecule has 3 heterocycles. The molecule has 1 aliphatic rings. The molecule has 4 aromatic rings. The number of amides is 1. The van der Waals surface area contributed by atoms with Gasteiger partial charge in [0, 0.05) is 5.92 Å². The van der Waals surface area contributed by atoms with Gasteiger partial charge in [0.05, 0.1) is 17.0 Å². The maximum absolute atomic E-state index is 13.6. The third-order valence-corrected chi connectivity index (χ3v) is 6.69. The number of rotatable bonds is 6. The van der Waals surface area contributed by atoms with Crippen LogP contribution in [0, 0.1) is 0 Å². The van der Waals surface area contributed by atoms with Gasteiger partial charge in [-0.25, -0.2) is 0 Å². The Kier molecular flexibility index (Phi) is 5.30. The van der Waals surface area contributed by atoms with E-state index in [1.165, 1.54) is 16.2 Å². The van der Waals surface area contributed by atoms with E-state index in [9.17, 15) is 9.59 Å². The smallest absolute Gasteiger partial charge is 0.297 e. The number of aromatic nitrogens is 2. The maximum Gasteiger partial charge on any atom is 0.297 e. The summed E-state index contributed by atoms with van der Waals surface area (Å²) in [7, 11) is 0. The quantitative estimate of drug-likeness (QED) is 0.374. The van der Waals surface area contributed by atoms with E-state index in [0.717, 1.165) is 10.6 Å². The number of para-hydroxylation sites is 1. The first-order valence-electron chi connectivity index (χ1n) is 10.6. The highest BCUT2D eigenvalue weighted by atomic mass is 32.1. The maximum atomic E-state index is 13.6. The van der Waals surface area contributed by atoms with Crippen LogP contribution >= 0.6 is 11.3 Å². The lowest BCUT2D eigenvalue weighted by Crippen LogP contribution is -2.29. The molecule has 0 saturated heterocycles. The van der Waals surface area contributed by atoms with Crippen molar-refractivity contribution in [2.75, 3.05) is 11.5 Å². The molecule has 33 heavy (non-hydrogen) atoms. The van der Waals surface area contributed by atoms with Gasteiger partial charge in [-0.05, 0) is 29.8 Å². The zero-order valence-electron chi connectivity index (χ0n) is 18.1. The van der Waals surface area contributed by atoms with Crippen molar-refractivity contribution in [2.24, 2.45) is 0 Å². The van der Waals surface area contributed by atoms with Crippen LogP contribution in [-0.4, -0.2) is 22.7 Å². The largest absolute Gasteiger partial charge is 0.490 e. The first-order chi connectivity index (χ1) is 16.0. The fraction of sp³-hybridized carbons (Fsp3) is 0.200. The third kappa shape index (κ3) is 3.52. The Morgan fingerprint density at radius 1 is 1.15 bits per heavy atom. The molecule has 0 unspecified atom stereocenters. The first kappa shape index (κ1) is 21.1. The lowest BCUT2D eigenvalue weighted by atomic mass is 9.98. The lowest BCUT2D eigenvalue weighted by molar-refractivity contribution is 0.0970. The van der Waals surface area contributed by atoms with Crippen LogP contribution in [-0.2, 0) is 0 Å². The second kappa shape index (κ2) is 8.29. The van der Waals surface area contributed by atoms with E-state index < -0.39 is 11.9 Å². The Morgan fingerprint density at radius 3 is 2.61 bits per heavy atom. The van der Waals surface area contributed by atoms with Crippen molar-refractivity contribution >= 4 is 33.3 Å². The highest BCUT2D eigenvalue weighted by Crippen LogP contribution is 2.42.